The Hall–Kier alpha value is -2.79. The van der Waals surface area contributed by atoms with Crippen molar-refractivity contribution in [3.63, 3.8) is 0 Å². The fourth-order valence-corrected chi connectivity index (χ4v) is 4.18. The Morgan fingerprint density at radius 1 is 1.37 bits per heavy atom. The van der Waals surface area contributed by atoms with Gasteiger partial charge in [0, 0.05) is 24.4 Å². The second-order valence-corrected chi connectivity index (χ2v) is 7.82. The van der Waals surface area contributed by atoms with Crippen molar-refractivity contribution in [1.82, 2.24) is 4.90 Å². The van der Waals surface area contributed by atoms with Crippen molar-refractivity contribution < 1.29 is 13.6 Å². The number of halogens is 2. The number of thiophene rings is 1. The lowest BCUT2D eigenvalue weighted by Crippen LogP contribution is -2.52. The van der Waals surface area contributed by atoms with Crippen LogP contribution in [0.4, 0.5) is 8.78 Å². The van der Waals surface area contributed by atoms with E-state index in [0.29, 0.717) is 15.3 Å². The Labute approximate surface area is 159 Å². The summed E-state index contributed by atoms with van der Waals surface area (Å²) in [6, 6.07) is 11.2. The summed E-state index contributed by atoms with van der Waals surface area (Å²) in [7, 11) is 1.50. The van der Waals surface area contributed by atoms with Crippen molar-refractivity contribution in [3.05, 3.63) is 57.3 Å². The number of amides is 1. The number of guanidine groups is 1. The fraction of sp³-hybridized carbons (Fsp3) is 0.316. The van der Waals surface area contributed by atoms with Gasteiger partial charge >= 0.3 is 0 Å². The van der Waals surface area contributed by atoms with Gasteiger partial charge in [-0.1, -0.05) is 18.2 Å². The van der Waals surface area contributed by atoms with Gasteiger partial charge in [-0.3, -0.25) is 9.69 Å². The number of carbonyl (C=O) groups is 1. The lowest BCUT2D eigenvalue weighted by Gasteiger charge is -2.40. The molecule has 8 heteroatoms. The summed E-state index contributed by atoms with van der Waals surface area (Å²) in [4.78, 5) is 20.0. The third-order valence-electron chi connectivity index (χ3n) is 4.77. The van der Waals surface area contributed by atoms with E-state index in [2.05, 4.69) is 11.1 Å². The average molecular weight is 388 g/mol. The molecule has 0 saturated heterocycles. The van der Waals surface area contributed by atoms with Gasteiger partial charge in [-0.25, -0.2) is 13.8 Å². The molecule has 2 aromatic rings. The number of benzene rings is 1. The molecule has 27 heavy (non-hydrogen) atoms. The smallest absolute Gasteiger partial charge is 0.270 e. The molecule has 140 valence electrons. The van der Waals surface area contributed by atoms with E-state index in [1.807, 2.05) is 0 Å². The van der Waals surface area contributed by atoms with Crippen molar-refractivity contribution in [2.75, 3.05) is 7.05 Å². The molecule has 5 nitrogen and oxygen atoms in total. The van der Waals surface area contributed by atoms with E-state index in [0.717, 1.165) is 6.92 Å². The highest BCUT2D eigenvalue weighted by atomic mass is 32.1. The van der Waals surface area contributed by atoms with E-state index in [9.17, 15) is 13.6 Å². The van der Waals surface area contributed by atoms with Crippen molar-refractivity contribution in [3.8, 4) is 6.07 Å². The summed E-state index contributed by atoms with van der Waals surface area (Å²) in [6.07, 6.45) is 0. The van der Waals surface area contributed by atoms with Crippen LogP contribution in [0.5, 0.6) is 0 Å². The van der Waals surface area contributed by atoms with Crippen LogP contribution in [0.2, 0.25) is 0 Å². The molecule has 1 aromatic carbocycles. The van der Waals surface area contributed by atoms with Gasteiger partial charge in [-0.05, 0) is 30.7 Å². The van der Waals surface area contributed by atoms with E-state index in [4.69, 9.17) is 11.0 Å². The quantitative estimate of drug-likeness (QED) is 0.873. The predicted molar refractivity (Wildman–Crippen MR) is 99.5 cm³/mol. The zero-order valence-corrected chi connectivity index (χ0v) is 15.8. The Bertz CT molecular complexity index is 973. The molecule has 1 aromatic heterocycles. The van der Waals surface area contributed by atoms with Gasteiger partial charge in [0.05, 0.1) is 5.92 Å². The molecule has 1 aliphatic heterocycles. The molecule has 1 aliphatic rings. The molecule has 2 N–H and O–H groups in total. The summed E-state index contributed by atoms with van der Waals surface area (Å²) in [5.74, 6) is -4.17. The van der Waals surface area contributed by atoms with Crippen LogP contribution in [0.3, 0.4) is 0 Å². The van der Waals surface area contributed by atoms with Gasteiger partial charge in [-0.2, -0.15) is 5.26 Å². The molecular weight excluding hydrogens is 370 g/mol. The number of rotatable bonds is 3. The highest BCUT2D eigenvalue weighted by Crippen LogP contribution is 2.46. The molecule has 0 spiro atoms. The highest BCUT2D eigenvalue weighted by Gasteiger charge is 2.48. The first-order chi connectivity index (χ1) is 12.6. The molecule has 1 amide bonds. The topological polar surface area (TPSA) is 82.5 Å². The minimum atomic E-state index is -3.03. The Balaban J connectivity index is 2.21. The van der Waals surface area contributed by atoms with Crippen LogP contribution < -0.4 is 5.73 Å². The van der Waals surface area contributed by atoms with Gasteiger partial charge < -0.3 is 5.73 Å². The van der Waals surface area contributed by atoms with Gasteiger partial charge in [0.2, 0.25) is 5.91 Å². The molecule has 0 fully saturated rings. The monoisotopic (exact) mass is 388 g/mol. The first kappa shape index (κ1) is 19.0. The van der Waals surface area contributed by atoms with Crippen molar-refractivity contribution in [2.24, 2.45) is 10.7 Å². The van der Waals surface area contributed by atoms with Gasteiger partial charge in [0.15, 0.2) is 5.96 Å². The first-order valence-corrected chi connectivity index (χ1v) is 9.01. The maximum atomic E-state index is 13.8. The van der Waals surface area contributed by atoms with Crippen LogP contribution in [0, 0.1) is 11.3 Å². The lowest BCUT2D eigenvalue weighted by atomic mass is 9.77. The second kappa shape index (κ2) is 6.43. The SMILES string of the molecule is CN1C(=O)[C@H](c2cccc(C(C)(F)F)c2)C(C)(c2ccc(C#N)s2)N=C1N. The lowest BCUT2D eigenvalue weighted by molar-refractivity contribution is -0.130. The number of nitrogens with two attached hydrogens (primary N) is 1. The number of carbonyl (C=O) groups excluding carboxylic acids is 1. The Morgan fingerprint density at radius 3 is 2.67 bits per heavy atom. The number of nitrogens with zero attached hydrogens (tertiary/aromatic N) is 3. The third-order valence-corrected chi connectivity index (χ3v) is 5.99. The van der Waals surface area contributed by atoms with Crippen molar-refractivity contribution in [2.45, 2.75) is 31.2 Å². The van der Waals surface area contributed by atoms with Crippen molar-refractivity contribution >= 4 is 23.2 Å². The fourth-order valence-electron chi connectivity index (χ4n) is 3.25. The van der Waals surface area contributed by atoms with Gasteiger partial charge in [0.25, 0.3) is 5.92 Å². The largest absolute Gasteiger partial charge is 0.369 e. The average Bonchev–Trinajstić information content (AvgIpc) is 3.09. The summed E-state index contributed by atoms with van der Waals surface area (Å²) >= 11 is 1.21. The number of likely N-dealkylation sites (N-methyl/N-ethyl adjacent to an activating group) is 1. The number of alkyl halides is 2. The Morgan fingerprint density at radius 2 is 2.07 bits per heavy atom. The van der Waals surface area contributed by atoms with Crippen LogP contribution in [-0.4, -0.2) is 23.8 Å². The molecule has 0 saturated carbocycles. The third kappa shape index (κ3) is 3.19. The zero-order valence-electron chi connectivity index (χ0n) is 15.0. The summed E-state index contributed by atoms with van der Waals surface area (Å²) in [5, 5.41) is 9.13. The van der Waals surface area contributed by atoms with E-state index >= 15 is 0 Å². The molecular formula is C19H18F2N4OS. The molecule has 0 aliphatic carbocycles. The van der Waals surface area contributed by atoms with Gasteiger partial charge in [0.1, 0.15) is 16.5 Å². The minimum Gasteiger partial charge on any atom is -0.369 e. The maximum absolute atomic E-state index is 13.8. The number of hydrogen-bond acceptors (Lipinski definition) is 5. The number of hydrogen-bond donors (Lipinski definition) is 1. The van der Waals surface area contributed by atoms with Gasteiger partial charge in [-0.15, -0.1) is 11.3 Å². The standard InChI is InChI=1S/C19H18F2N4OS/c1-18(14-8-7-13(10-22)27-14)15(16(26)25(3)17(23)24-18)11-5-4-6-12(9-11)19(2,20)21/h4-9,15H,1-3H3,(H2,23,24)/t15-,18?/m0/s1. The molecule has 0 bridgehead atoms. The van der Waals surface area contributed by atoms with Crippen LogP contribution in [0.1, 0.15) is 40.6 Å². The summed E-state index contributed by atoms with van der Waals surface area (Å²) < 4.78 is 27.7. The first-order valence-electron chi connectivity index (χ1n) is 8.19. The summed E-state index contributed by atoms with van der Waals surface area (Å²) in [5.41, 5.74) is 5.08. The van der Waals surface area contributed by atoms with E-state index in [1.165, 1.54) is 41.5 Å². The Kier molecular flexibility index (Phi) is 4.52. The van der Waals surface area contributed by atoms with Crippen molar-refractivity contribution in [1.29, 1.82) is 5.26 Å². The normalized spacial score (nSPS) is 23.1. The minimum absolute atomic E-state index is 0.0441. The zero-order chi connectivity index (χ0) is 20.0. The molecule has 3 rings (SSSR count). The second-order valence-electron chi connectivity index (χ2n) is 6.74. The van der Waals surface area contributed by atoms with E-state index < -0.39 is 17.4 Å². The van der Waals surface area contributed by atoms with E-state index in [1.54, 1.807) is 25.1 Å². The molecule has 0 radical (unpaired) electrons. The maximum Gasteiger partial charge on any atom is 0.270 e. The van der Waals surface area contributed by atoms with Crippen LogP contribution in [-0.2, 0) is 16.3 Å². The van der Waals surface area contributed by atoms with Crippen LogP contribution in [0.25, 0.3) is 0 Å². The van der Waals surface area contributed by atoms with Crippen LogP contribution in [0.15, 0.2) is 41.4 Å². The molecule has 2 heterocycles. The molecule has 1 unspecified atom stereocenters. The highest BCUT2D eigenvalue weighted by molar-refractivity contribution is 7.12. The number of aliphatic imine (C=N–C) groups is 1. The molecule has 2 atom stereocenters. The predicted octanol–water partition coefficient (Wildman–Crippen LogP) is 3.52. The van der Waals surface area contributed by atoms with Crippen LogP contribution >= 0.6 is 11.3 Å². The van der Waals surface area contributed by atoms with E-state index in [-0.39, 0.29) is 17.4 Å². The summed E-state index contributed by atoms with van der Waals surface area (Å²) in [6.45, 7) is 2.55. The number of nitriles is 1.